The zero-order valence-corrected chi connectivity index (χ0v) is 17.0. The first kappa shape index (κ1) is 20.3. The molecule has 2 aromatic carbocycles. The van der Waals surface area contributed by atoms with Crippen LogP contribution in [0.15, 0.2) is 65.6 Å². The molecule has 0 saturated heterocycles. The van der Waals surface area contributed by atoms with Crippen molar-refractivity contribution < 1.29 is 9.47 Å². The first-order valence-corrected chi connectivity index (χ1v) is 9.87. The fourth-order valence-electron chi connectivity index (χ4n) is 2.69. The molecular formula is C22H21Cl2NO3. The summed E-state index contributed by atoms with van der Waals surface area (Å²) in [7, 11) is 0. The number of benzene rings is 2. The van der Waals surface area contributed by atoms with Crippen LogP contribution in [0.3, 0.4) is 0 Å². The number of aromatic nitrogens is 1. The third-order valence-corrected chi connectivity index (χ3v) is 5.00. The molecule has 4 nitrogen and oxygen atoms in total. The Labute approximate surface area is 174 Å². The number of nitrogens with zero attached hydrogens (tertiary/aromatic N) is 1. The largest absolute Gasteiger partial charge is 0.487 e. The molecule has 0 aliphatic rings. The van der Waals surface area contributed by atoms with Crippen molar-refractivity contribution in [1.82, 2.24) is 4.57 Å². The van der Waals surface area contributed by atoms with Gasteiger partial charge in [-0.3, -0.25) is 4.79 Å². The lowest BCUT2D eigenvalue weighted by Gasteiger charge is -2.16. The summed E-state index contributed by atoms with van der Waals surface area (Å²) in [5.74, 6) is 1.30. The number of pyridine rings is 1. The predicted octanol–water partition coefficient (Wildman–Crippen LogP) is 6.33. The Bertz CT molecular complexity index is 987. The molecule has 0 radical (unpaired) electrons. The van der Waals surface area contributed by atoms with E-state index in [0.717, 1.165) is 30.8 Å². The minimum Gasteiger partial charge on any atom is -0.487 e. The molecule has 0 spiro atoms. The zero-order valence-electron chi connectivity index (χ0n) is 15.5. The van der Waals surface area contributed by atoms with Gasteiger partial charge in [0.2, 0.25) is 5.43 Å². The molecule has 0 aliphatic carbocycles. The first-order valence-electron chi connectivity index (χ1n) is 9.11. The molecule has 0 saturated carbocycles. The number of unbranched alkanes of at least 4 members (excludes halogenated alkanes) is 1. The predicted molar refractivity (Wildman–Crippen MR) is 113 cm³/mol. The number of para-hydroxylation sites is 1. The second-order valence-corrected chi connectivity index (χ2v) is 7.08. The average Bonchev–Trinajstić information content (AvgIpc) is 2.71. The van der Waals surface area contributed by atoms with Crippen LogP contribution in [0.25, 0.3) is 0 Å². The van der Waals surface area contributed by atoms with Gasteiger partial charge in [0.15, 0.2) is 5.75 Å². The van der Waals surface area contributed by atoms with E-state index in [-0.39, 0.29) is 16.2 Å². The first-order chi connectivity index (χ1) is 13.6. The third-order valence-electron chi connectivity index (χ3n) is 4.20. The van der Waals surface area contributed by atoms with Gasteiger partial charge in [0, 0.05) is 12.6 Å². The van der Waals surface area contributed by atoms with Gasteiger partial charge in [0.1, 0.15) is 23.1 Å². The van der Waals surface area contributed by atoms with Crippen molar-refractivity contribution >= 4 is 23.2 Å². The third kappa shape index (κ3) is 5.09. The molecule has 0 atom stereocenters. The van der Waals surface area contributed by atoms with Crippen LogP contribution in [0.2, 0.25) is 10.0 Å². The van der Waals surface area contributed by atoms with Gasteiger partial charge in [0.05, 0.1) is 16.9 Å². The highest BCUT2D eigenvalue weighted by Gasteiger charge is 2.12. The van der Waals surface area contributed by atoms with E-state index in [1.165, 1.54) is 0 Å². The Balaban J connectivity index is 1.87. The minimum absolute atomic E-state index is 0.198. The van der Waals surface area contributed by atoms with Crippen LogP contribution in [0, 0.1) is 0 Å². The molecule has 0 bridgehead atoms. The Morgan fingerprint density at radius 3 is 2.54 bits per heavy atom. The summed E-state index contributed by atoms with van der Waals surface area (Å²) in [6, 6.07) is 16.1. The van der Waals surface area contributed by atoms with Gasteiger partial charge >= 0.3 is 0 Å². The lowest BCUT2D eigenvalue weighted by Crippen LogP contribution is -2.16. The van der Waals surface area contributed by atoms with Crippen molar-refractivity contribution in [3.63, 3.8) is 0 Å². The van der Waals surface area contributed by atoms with Gasteiger partial charge in [-0.25, -0.2) is 0 Å². The van der Waals surface area contributed by atoms with Crippen LogP contribution in [0.1, 0.15) is 25.5 Å². The van der Waals surface area contributed by atoms with Crippen molar-refractivity contribution in [2.75, 3.05) is 0 Å². The van der Waals surface area contributed by atoms with E-state index in [1.54, 1.807) is 30.5 Å². The Morgan fingerprint density at radius 1 is 1.00 bits per heavy atom. The molecule has 146 valence electrons. The van der Waals surface area contributed by atoms with Crippen molar-refractivity contribution in [2.24, 2.45) is 0 Å². The van der Waals surface area contributed by atoms with Crippen LogP contribution >= 0.6 is 23.2 Å². The quantitative estimate of drug-likeness (QED) is 0.429. The number of rotatable bonds is 8. The highest BCUT2D eigenvalue weighted by molar-refractivity contribution is 6.42. The van der Waals surface area contributed by atoms with E-state index in [0.29, 0.717) is 17.4 Å². The van der Waals surface area contributed by atoms with Gasteiger partial charge in [0.25, 0.3) is 0 Å². The average molecular weight is 418 g/mol. The summed E-state index contributed by atoms with van der Waals surface area (Å²) < 4.78 is 13.6. The summed E-state index contributed by atoms with van der Waals surface area (Å²) in [4.78, 5) is 12.6. The number of halogens is 2. The molecule has 0 amide bonds. The van der Waals surface area contributed by atoms with Gasteiger partial charge < -0.3 is 14.0 Å². The molecular weight excluding hydrogens is 397 g/mol. The number of hydrogen-bond acceptors (Lipinski definition) is 3. The summed E-state index contributed by atoms with van der Waals surface area (Å²) in [6.07, 6.45) is 3.71. The zero-order chi connectivity index (χ0) is 19.9. The van der Waals surface area contributed by atoms with Crippen LogP contribution in [-0.4, -0.2) is 4.57 Å². The van der Waals surface area contributed by atoms with Gasteiger partial charge in [-0.15, -0.1) is 0 Å². The molecule has 3 rings (SSSR count). The Hall–Kier alpha value is -2.43. The molecule has 0 fully saturated rings. The Kier molecular flexibility index (Phi) is 7.01. The SMILES string of the molecule is CCCCn1cc(Oc2cccc(Cl)c2Cl)c(=O)cc1COc1ccccc1. The normalized spacial score (nSPS) is 10.7. The highest BCUT2D eigenvalue weighted by atomic mass is 35.5. The van der Waals surface area contributed by atoms with Crippen LogP contribution in [0.4, 0.5) is 0 Å². The molecule has 3 aromatic rings. The van der Waals surface area contributed by atoms with E-state index in [9.17, 15) is 4.79 Å². The number of aryl methyl sites for hydroxylation is 1. The second kappa shape index (κ2) is 9.67. The molecule has 28 heavy (non-hydrogen) atoms. The number of hydrogen-bond donors (Lipinski definition) is 0. The minimum atomic E-state index is -0.240. The smallest absolute Gasteiger partial charge is 0.224 e. The fraction of sp³-hybridized carbons (Fsp3) is 0.227. The van der Waals surface area contributed by atoms with Crippen LogP contribution < -0.4 is 14.9 Å². The van der Waals surface area contributed by atoms with Crippen LogP contribution in [-0.2, 0) is 13.2 Å². The van der Waals surface area contributed by atoms with Crippen molar-refractivity contribution in [3.05, 3.63) is 86.8 Å². The highest BCUT2D eigenvalue weighted by Crippen LogP contribution is 2.33. The van der Waals surface area contributed by atoms with E-state index < -0.39 is 0 Å². The topological polar surface area (TPSA) is 40.5 Å². The van der Waals surface area contributed by atoms with Gasteiger partial charge in [-0.05, 0) is 30.7 Å². The monoisotopic (exact) mass is 417 g/mol. The number of ether oxygens (including phenoxy) is 2. The maximum Gasteiger partial charge on any atom is 0.224 e. The molecule has 0 N–H and O–H groups in total. The standard InChI is InChI=1S/C22H21Cl2NO3/c1-2-3-12-25-14-21(28-20-11-7-10-18(23)22(20)24)19(26)13-16(25)15-27-17-8-5-4-6-9-17/h4-11,13-14H,2-3,12,15H2,1H3. The van der Waals surface area contributed by atoms with Gasteiger partial charge in [-0.2, -0.15) is 0 Å². The molecule has 0 aliphatic heterocycles. The van der Waals surface area contributed by atoms with Crippen LogP contribution in [0.5, 0.6) is 17.2 Å². The summed E-state index contributed by atoms with van der Waals surface area (Å²) in [5, 5.41) is 0.651. The lowest BCUT2D eigenvalue weighted by molar-refractivity contribution is 0.292. The molecule has 1 heterocycles. The summed E-state index contributed by atoms with van der Waals surface area (Å²) in [6.45, 7) is 3.16. The van der Waals surface area contributed by atoms with Crippen molar-refractivity contribution in [1.29, 1.82) is 0 Å². The van der Waals surface area contributed by atoms with E-state index in [4.69, 9.17) is 32.7 Å². The molecule has 0 unspecified atom stereocenters. The maximum atomic E-state index is 12.6. The summed E-state index contributed by atoms with van der Waals surface area (Å²) >= 11 is 12.2. The lowest BCUT2D eigenvalue weighted by atomic mass is 10.2. The van der Waals surface area contributed by atoms with E-state index in [1.807, 2.05) is 34.9 Å². The Morgan fingerprint density at radius 2 is 1.79 bits per heavy atom. The summed E-state index contributed by atoms with van der Waals surface area (Å²) in [5.41, 5.74) is 0.544. The van der Waals surface area contributed by atoms with E-state index >= 15 is 0 Å². The van der Waals surface area contributed by atoms with Gasteiger partial charge in [-0.1, -0.05) is 60.8 Å². The van der Waals surface area contributed by atoms with Crippen molar-refractivity contribution in [3.8, 4) is 17.2 Å². The fourth-order valence-corrected chi connectivity index (χ4v) is 3.02. The second-order valence-electron chi connectivity index (χ2n) is 6.30. The molecule has 1 aromatic heterocycles. The van der Waals surface area contributed by atoms with E-state index in [2.05, 4.69) is 6.92 Å². The van der Waals surface area contributed by atoms with Crippen molar-refractivity contribution in [2.45, 2.75) is 32.9 Å². The molecule has 6 heteroatoms. The maximum absolute atomic E-state index is 12.6.